The molecule has 0 spiro atoms. The molecule has 4 N–H and O–H groups in total. The van der Waals surface area contributed by atoms with E-state index in [1.807, 2.05) is 6.92 Å². The fourth-order valence-corrected chi connectivity index (χ4v) is 2.04. The van der Waals surface area contributed by atoms with Gasteiger partial charge in [0.25, 0.3) is 0 Å². The maximum atomic E-state index is 9.97. The second-order valence-electron chi connectivity index (χ2n) is 3.74. The largest absolute Gasteiger partial charge is 0.493 e. The summed E-state index contributed by atoms with van der Waals surface area (Å²) < 4.78 is 6.16. The van der Waals surface area contributed by atoms with Crippen molar-refractivity contribution in [3.63, 3.8) is 0 Å². The number of aliphatic hydroxyl groups is 2. The molecule has 0 aliphatic heterocycles. The fourth-order valence-electron chi connectivity index (χ4n) is 1.53. The Bertz CT molecular complexity index is 360. The molecule has 0 amide bonds. The first-order valence-corrected chi connectivity index (χ1v) is 6.36. The first-order chi connectivity index (χ1) is 8.10. The SMILES string of the molecule is CCOc1ccc(C(O)C(N)CCO)cc1Br. The van der Waals surface area contributed by atoms with Crippen molar-refractivity contribution in [2.24, 2.45) is 5.73 Å². The van der Waals surface area contributed by atoms with Crippen molar-refractivity contribution in [1.29, 1.82) is 0 Å². The molecule has 0 saturated heterocycles. The molecule has 1 rings (SSSR count). The third-order valence-electron chi connectivity index (χ3n) is 2.47. The molecule has 2 unspecified atom stereocenters. The maximum Gasteiger partial charge on any atom is 0.133 e. The summed E-state index contributed by atoms with van der Waals surface area (Å²) in [6, 6.07) is 4.88. The molecule has 0 aromatic heterocycles. The number of nitrogens with two attached hydrogens (primary N) is 1. The van der Waals surface area contributed by atoms with Gasteiger partial charge in [-0.25, -0.2) is 0 Å². The van der Waals surface area contributed by atoms with Gasteiger partial charge >= 0.3 is 0 Å². The van der Waals surface area contributed by atoms with Gasteiger partial charge < -0.3 is 20.7 Å². The Morgan fingerprint density at radius 3 is 2.71 bits per heavy atom. The fraction of sp³-hybridized carbons (Fsp3) is 0.500. The lowest BCUT2D eigenvalue weighted by Crippen LogP contribution is -2.29. The molecule has 0 aliphatic rings. The van der Waals surface area contributed by atoms with E-state index in [4.69, 9.17) is 15.6 Å². The van der Waals surface area contributed by atoms with Crippen LogP contribution in [0.25, 0.3) is 0 Å². The average Bonchev–Trinajstić information content (AvgIpc) is 2.31. The molecule has 4 nitrogen and oxygen atoms in total. The molecular weight excluding hydrogens is 286 g/mol. The molecule has 0 fully saturated rings. The normalized spacial score (nSPS) is 14.4. The molecule has 1 aromatic carbocycles. The van der Waals surface area contributed by atoms with Gasteiger partial charge in [-0.05, 0) is 47.0 Å². The Morgan fingerprint density at radius 2 is 2.18 bits per heavy atom. The van der Waals surface area contributed by atoms with E-state index in [1.54, 1.807) is 18.2 Å². The summed E-state index contributed by atoms with van der Waals surface area (Å²) in [5.41, 5.74) is 6.46. The van der Waals surface area contributed by atoms with E-state index in [2.05, 4.69) is 15.9 Å². The molecular formula is C12H18BrNO3. The predicted octanol–water partition coefficient (Wildman–Crippen LogP) is 1.59. The number of benzene rings is 1. The Labute approximate surface area is 110 Å². The zero-order valence-corrected chi connectivity index (χ0v) is 11.4. The summed E-state index contributed by atoms with van der Waals surface area (Å²) in [6.07, 6.45) is -0.416. The predicted molar refractivity (Wildman–Crippen MR) is 69.9 cm³/mol. The number of hydrogen-bond donors (Lipinski definition) is 3. The van der Waals surface area contributed by atoms with Gasteiger partial charge in [0.2, 0.25) is 0 Å². The van der Waals surface area contributed by atoms with Gasteiger partial charge in [0.05, 0.1) is 17.2 Å². The topological polar surface area (TPSA) is 75.7 Å². The van der Waals surface area contributed by atoms with E-state index in [0.29, 0.717) is 18.6 Å². The zero-order valence-electron chi connectivity index (χ0n) is 9.77. The molecule has 2 atom stereocenters. The lowest BCUT2D eigenvalue weighted by molar-refractivity contribution is 0.129. The lowest BCUT2D eigenvalue weighted by Gasteiger charge is -2.19. The number of hydrogen-bond acceptors (Lipinski definition) is 4. The van der Waals surface area contributed by atoms with Crippen LogP contribution in [0.4, 0.5) is 0 Å². The minimum atomic E-state index is -0.783. The quantitative estimate of drug-likeness (QED) is 0.746. The van der Waals surface area contributed by atoms with Gasteiger partial charge in [0, 0.05) is 12.6 Å². The maximum absolute atomic E-state index is 9.97. The van der Waals surface area contributed by atoms with Gasteiger partial charge in [0.1, 0.15) is 5.75 Å². The highest BCUT2D eigenvalue weighted by atomic mass is 79.9. The van der Waals surface area contributed by atoms with Gasteiger partial charge in [-0.1, -0.05) is 6.07 Å². The third kappa shape index (κ3) is 3.96. The smallest absolute Gasteiger partial charge is 0.133 e. The van der Waals surface area contributed by atoms with Gasteiger partial charge in [-0.2, -0.15) is 0 Å². The zero-order chi connectivity index (χ0) is 12.8. The number of rotatable bonds is 6. The molecule has 0 radical (unpaired) electrons. The molecule has 96 valence electrons. The lowest BCUT2D eigenvalue weighted by atomic mass is 10.0. The second-order valence-corrected chi connectivity index (χ2v) is 4.60. The van der Waals surface area contributed by atoms with Crippen LogP contribution in [0, 0.1) is 0 Å². The van der Waals surface area contributed by atoms with Crippen molar-refractivity contribution >= 4 is 15.9 Å². The van der Waals surface area contributed by atoms with Crippen molar-refractivity contribution in [2.75, 3.05) is 13.2 Å². The summed E-state index contributed by atoms with van der Waals surface area (Å²) in [4.78, 5) is 0. The van der Waals surface area contributed by atoms with Crippen LogP contribution in [0.3, 0.4) is 0 Å². The Balaban J connectivity index is 2.81. The van der Waals surface area contributed by atoms with Crippen LogP contribution in [0.2, 0.25) is 0 Å². The molecule has 0 saturated carbocycles. The summed E-state index contributed by atoms with van der Waals surface area (Å²) in [7, 11) is 0. The van der Waals surface area contributed by atoms with Crippen molar-refractivity contribution in [3.8, 4) is 5.75 Å². The van der Waals surface area contributed by atoms with Gasteiger partial charge in [0.15, 0.2) is 0 Å². The highest BCUT2D eigenvalue weighted by Crippen LogP contribution is 2.29. The monoisotopic (exact) mass is 303 g/mol. The molecule has 0 bridgehead atoms. The van der Waals surface area contributed by atoms with Crippen molar-refractivity contribution in [2.45, 2.75) is 25.5 Å². The van der Waals surface area contributed by atoms with E-state index in [9.17, 15) is 5.11 Å². The van der Waals surface area contributed by atoms with Crippen LogP contribution in [-0.4, -0.2) is 29.5 Å². The van der Waals surface area contributed by atoms with Crippen LogP contribution in [0.5, 0.6) is 5.75 Å². The van der Waals surface area contributed by atoms with E-state index < -0.39 is 12.1 Å². The Kier molecular flexibility index (Phi) is 5.91. The minimum absolute atomic E-state index is 0.0313. The minimum Gasteiger partial charge on any atom is -0.493 e. The van der Waals surface area contributed by atoms with E-state index >= 15 is 0 Å². The highest BCUT2D eigenvalue weighted by molar-refractivity contribution is 9.10. The van der Waals surface area contributed by atoms with E-state index in [-0.39, 0.29) is 6.61 Å². The second kappa shape index (κ2) is 6.96. The van der Waals surface area contributed by atoms with Crippen LogP contribution in [-0.2, 0) is 0 Å². The first-order valence-electron chi connectivity index (χ1n) is 5.56. The third-order valence-corrected chi connectivity index (χ3v) is 3.08. The molecule has 0 aliphatic carbocycles. The van der Waals surface area contributed by atoms with Gasteiger partial charge in [-0.3, -0.25) is 0 Å². The van der Waals surface area contributed by atoms with Crippen molar-refractivity contribution in [1.82, 2.24) is 0 Å². The Hall–Kier alpha value is -0.620. The summed E-state index contributed by atoms with van der Waals surface area (Å²) in [5.74, 6) is 0.735. The number of ether oxygens (including phenoxy) is 1. The first kappa shape index (κ1) is 14.4. The highest BCUT2D eigenvalue weighted by Gasteiger charge is 2.17. The Morgan fingerprint density at radius 1 is 1.47 bits per heavy atom. The van der Waals surface area contributed by atoms with E-state index in [1.165, 1.54) is 0 Å². The molecule has 17 heavy (non-hydrogen) atoms. The summed E-state index contributed by atoms with van der Waals surface area (Å²) >= 11 is 3.38. The van der Waals surface area contributed by atoms with Gasteiger partial charge in [-0.15, -0.1) is 0 Å². The van der Waals surface area contributed by atoms with Crippen LogP contribution in [0.1, 0.15) is 25.0 Å². The van der Waals surface area contributed by atoms with Crippen LogP contribution < -0.4 is 10.5 Å². The molecule has 5 heteroatoms. The number of halogens is 1. The summed E-state index contributed by atoms with van der Waals surface area (Å²) in [5, 5.41) is 18.7. The summed E-state index contributed by atoms with van der Waals surface area (Å²) in [6.45, 7) is 2.47. The van der Waals surface area contributed by atoms with Crippen molar-refractivity contribution < 1.29 is 14.9 Å². The average molecular weight is 304 g/mol. The van der Waals surface area contributed by atoms with Crippen LogP contribution >= 0.6 is 15.9 Å². The van der Waals surface area contributed by atoms with Crippen molar-refractivity contribution in [3.05, 3.63) is 28.2 Å². The van der Waals surface area contributed by atoms with Crippen LogP contribution in [0.15, 0.2) is 22.7 Å². The molecule has 0 heterocycles. The standard InChI is InChI=1S/C12H18BrNO3/c1-2-17-11-4-3-8(7-9(11)13)12(16)10(14)5-6-15/h3-4,7,10,12,15-16H,2,5-6,14H2,1H3. The molecule has 1 aromatic rings. The van der Waals surface area contributed by atoms with E-state index in [0.717, 1.165) is 10.2 Å². The number of aliphatic hydroxyl groups excluding tert-OH is 2.